The fraction of sp³-hybridized carbons (Fsp3) is 0.625. The van der Waals surface area contributed by atoms with Crippen molar-refractivity contribution >= 4 is 0 Å². The summed E-state index contributed by atoms with van der Waals surface area (Å²) in [6, 6.07) is 2.62. The summed E-state index contributed by atoms with van der Waals surface area (Å²) in [6.07, 6.45) is 4.61. The van der Waals surface area contributed by atoms with Crippen LogP contribution in [0.4, 0.5) is 13.2 Å². The van der Waals surface area contributed by atoms with E-state index in [2.05, 4.69) is 11.9 Å². The molecule has 2 atom stereocenters. The van der Waals surface area contributed by atoms with E-state index in [9.17, 15) is 18.3 Å². The molecule has 0 aromatic heterocycles. The van der Waals surface area contributed by atoms with Crippen molar-refractivity contribution in [1.82, 2.24) is 4.90 Å². The van der Waals surface area contributed by atoms with Gasteiger partial charge in [0.15, 0.2) is 17.5 Å². The first-order valence-electron chi connectivity index (χ1n) is 7.46. The highest BCUT2D eigenvalue weighted by molar-refractivity contribution is 5.22. The lowest BCUT2D eigenvalue weighted by atomic mass is 9.73. The number of halogens is 3. The lowest BCUT2D eigenvalue weighted by Crippen LogP contribution is -2.57. The molecule has 0 amide bonds. The zero-order valence-corrected chi connectivity index (χ0v) is 12.1. The number of rotatable bonds is 2. The first-order valence-corrected chi connectivity index (χ1v) is 7.46. The van der Waals surface area contributed by atoms with Gasteiger partial charge in [-0.2, -0.15) is 0 Å². The summed E-state index contributed by atoms with van der Waals surface area (Å²) >= 11 is 0. The lowest BCUT2D eigenvalue weighted by Gasteiger charge is -2.50. The Labute approximate surface area is 122 Å². The quantitative estimate of drug-likeness (QED) is 0.849. The highest BCUT2D eigenvalue weighted by atomic mass is 19.2. The van der Waals surface area contributed by atoms with Gasteiger partial charge in [-0.15, -0.1) is 0 Å². The number of fused-ring (bicyclic) bond motifs is 2. The number of aliphatic hydroxyl groups is 1. The monoisotopic (exact) mass is 299 g/mol. The van der Waals surface area contributed by atoms with E-state index >= 15 is 0 Å². The molecule has 2 saturated heterocycles. The minimum atomic E-state index is -1.45. The van der Waals surface area contributed by atoms with E-state index in [0.29, 0.717) is 30.5 Å². The fourth-order valence-electron chi connectivity index (χ4n) is 3.98. The molecule has 0 saturated carbocycles. The largest absolute Gasteiger partial charge is 0.389 e. The van der Waals surface area contributed by atoms with Crippen molar-refractivity contribution in [2.24, 2.45) is 0 Å². The molecular weight excluding hydrogens is 279 g/mol. The summed E-state index contributed by atoms with van der Waals surface area (Å²) in [5.41, 5.74) is -0.643. The second-order valence-electron chi connectivity index (χ2n) is 6.59. The summed E-state index contributed by atoms with van der Waals surface area (Å²) in [6.45, 7) is 0. The highest BCUT2D eigenvalue weighted by Gasteiger charge is 2.43. The molecule has 2 unspecified atom stereocenters. The lowest BCUT2D eigenvalue weighted by molar-refractivity contribution is -0.0820. The molecule has 0 spiro atoms. The molecule has 0 aliphatic carbocycles. The van der Waals surface area contributed by atoms with Crippen molar-refractivity contribution in [3.8, 4) is 0 Å². The van der Waals surface area contributed by atoms with Gasteiger partial charge in [-0.3, -0.25) is 0 Å². The predicted molar refractivity (Wildman–Crippen MR) is 73.4 cm³/mol. The van der Waals surface area contributed by atoms with E-state index in [1.54, 1.807) is 0 Å². The summed E-state index contributed by atoms with van der Waals surface area (Å²) in [5.74, 6) is -3.84. The maximum Gasteiger partial charge on any atom is 0.194 e. The van der Waals surface area contributed by atoms with E-state index in [1.807, 2.05) is 0 Å². The third kappa shape index (κ3) is 2.81. The maximum absolute atomic E-state index is 13.3. The molecule has 1 N–H and O–H groups in total. The first kappa shape index (κ1) is 14.9. The molecule has 2 fully saturated rings. The Hall–Kier alpha value is -1.07. The molecule has 2 aliphatic rings. The molecule has 3 rings (SSSR count). The van der Waals surface area contributed by atoms with E-state index < -0.39 is 23.1 Å². The zero-order chi connectivity index (χ0) is 15.2. The van der Waals surface area contributed by atoms with Crippen molar-refractivity contribution < 1.29 is 18.3 Å². The smallest absolute Gasteiger partial charge is 0.194 e. The minimum Gasteiger partial charge on any atom is -0.389 e. The number of hydrogen-bond donors (Lipinski definition) is 1. The molecule has 1 aromatic rings. The number of nitrogens with zero attached hydrogens (tertiary/aromatic N) is 1. The van der Waals surface area contributed by atoms with Gasteiger partial charge in [-0.25, -0.2) is 13.2 Å². The normalized spacial score (nSPS) is 33.2. The highest BCUT2D eigenvalue weighted by Crippen LogP contribution is 2.39. The molecule has 2 bridgehead atoms. The van der Waals surface area contributed by atoms with Gasteiger partial charge in [0.05, 0.1) is 5.60 Å². The van der Waals surface area contributed by atoms with Crippen LogP contribution in [0.2, 0.25) is 0 Å². The van der Waals surface area contributed by atoms with E-state index in [4.69, 9.17) is 0 Å². The van der Waals surface area contributed by atoms with Crippen LogP contribution in [-0.4, -0.2) is 34.7 Å². The molecule has 2 aliphatic heterocycles. The molecule has 1 aromatic carbocycles. The van der Waals surface area contributed by atoms with Crippen LogP contribution in [0.3, 0.4) is 0 Å². The molecule has 5 heteroatoms. The van der Waals surface area contributed by atoms with Gasteiger partial charge in [0, 0.05) is 18.5 Å². The summed E-state index contributed by atoms with van der Waals surface area (Å²) in [5, 5.41) is 10.8. The molecule has 2 heterocycles. The fourth-order valence-corrected chi connectivity index (χ4v) is 3.98. The van der Waals surface area contributed by atoms with Crippen LogP contribution in [0.5, 0.6) is 0 Å². The van der Waals surface area contributed by atoms with Crippen LogP contribution >= 0.6 is 0 Å². The summed E-state index contributed by atoms with van der Waals surface area (Å²) < 4.78 is 39.6. The average molecular weight is 299 g/mol. The van der Waals surface area contributed by atoms with Gasteiger partial charge < -0.3 is 10.0 Å². The van der Waals surface area contributed by atoms with Gasteiger partial charge in [-0.05, 0) is 50.4 Å². The third-order valence-electron chi connectivity index (χ3n) is 5.03. The topological polar surface area (TPSA) is 23.5 Å². The SMILES string of the molecule is CN1C2CCCC1CC(O)(Cc1cc(F)c(F)c(F)c1)C2. The Morgan fingerprint density at radius 1 is 1.14 bits per heavy atom. The standard InChI is InChI=1S/C16H20F3NO/c1-20-11-3-2-4-12(20)9-16(21,8-11)7-10-5-13(17)15(19)14(18)6-10/h5-6,11-12,21H,2-4,7-9H2,1H3. The van der Waals surface area contributed by atoms with Gasteiger partial charge in [-0.1, -0.05) is 6.42 Å². The summed E-state index contributed by atoms with van der Waals surface area (Å²) in [7, 11) is 2.07. The summed E-state index contributed by atoms with van der Waals surface area (Å²) in [4.78, 5) is 2.31. The van der Waals surface area contributed by atoms with Crippen molar-refractivity contribution in [3.63, 3.8) is 0 Å². The van der Waals surface area contributed by atoms with Gasteiger partial charge in [0.2, 0.25) is 0 Å². The van der Waals surface area contributed by atoms with E-state index in [0.717, 1.165) is 31.4 Å². The van der Waals surface area contributed by atoms with E-state index in [-0.39, 0.29) is 6.42 Å². The zero-order valence-electron chi connectivity index (χ0n) is 12.1. The third-order valence-corrected chi connectivity index (χ3v) is 5.03. The minimum absolute atomic E-state index is 0.169. The molecule has 21 heavy (non-hydrogen) atoms. The Kier molecular flexibility index (Phi) is 3.74. The second-order valence-corrected chi connectivity index (χ2v) is 6.59. The Morgan fingerprint density at radius 3 is 2.19 bits per heavy atom. The Balaban J connectivity index is 1.81. The van der Waals surface area contributed by atoms with Crippen molar-refractivity contribution in [2.45, 2.75) is 56.2 Å². The Morgan fingerprint density at radius 2 is 1.67 bits per heavy atom. The predicted octanol–water partition coefficient (Wildman–Crippen LogP) is 3.02. The van der Waals surface area contributed by atoms with Crippen molar-refractivity contribution in [1.29, 1.82) is 0 Å². The molecule has 2 nitrogen and oxygen atoms in total. The van der Waals surface area contributed by atoms with Crippen LogP contribution in [-0.2, 0) is 6.42 Å². The van der Waals surface area contributed by atoms with Gasteiger partial charge >= 0.3 is 0 Å². The van der Waals surface area contributed by atoms with Crippen LogP contribution in [0, 0.1) is 17.5 Å². The van der Waals surface area contributed by atoms with Crippen LogP contribution in [0.1, 0.15) is 37.7 Å². The van der Waals surface area contributed by atoms with E-state index in [1.165, 1.54) is 0 Å². The molecular formula is C16H20F3NO. The first-order chi connectivity index (χ1) is 9.88. The van der Waals surface area contributed by atoms with Crippen LogP contribution in [0.25, 0.3) is 0 Å². The number of hydrogen-bond acceptors (Lipinski definition) is 2. The Bertz CT molecular complexity index is 511. The van der Waals surface area contributed by atoms with Gasteiger partial charge in [0.25, 0.3) is 0 Å². The second kappa shape index (κ2) is 5.29. The van der Waals surface area contributed by atoms with Crippen LogP contribution < -0.4 is 0 Å². The van der Waals surface area contributed by atoms with Crippen molar-refractivity contribution in [2.75, 3.05) is 7.05 Å². The van der Waals surface area contributed by atoms with Crippen molar-refractivity contribution in [3.05, 3.63) is 35.1 Å². The number of piperidine rings is 2. The van der Waals surface area contributed by atoms with Gasteiger partial charge in [0.1, 0.15) is 0 Å². The average Bonchev–Trinajstić information content (AvgIpc) is 2.38. The molecule has 116 valence electrons. The molecule has 0 radical (unpaired) electrons. The maximum atomic E-state index is 13.3. The number of benzene rings is 1. The van der Waals surface area contributed by atoms with Crippen LogP contribution in [0.15, 0.2) is 12.1 Å².